The molecule has 0 aliphatic heterocycles. The number of anilines is 2. The molecule has 0 bridgehead atoms. The Morgan fingerprint density at radius 1 is 1.19 bits per heavy atom. The van der Waals surface area contributed by atoms with Gasteiger partial charge in [-0.15, -0.1) is 11.3 Å². The molecule has 112 valence electrons. The van der Waals surface area contributed by atoms with Gasteiger partial charge in [-0.1, -0.05) is 6.92 Å². The molecule has 2 N–H and O–H groups in total. The van der Waals surface area contributed by atoms with Crippen LogP contribution in [0.25, 0.3) is 0 Å². The standard InChI is InChI=1S/C15H21N5S/c1-3-6-16-12-7-13(20-15(19-12)11-4-5-11)17-8-14-18-10(2)9-21-14/h7,9,11H,3-6,8H2,1-2H3,(H2,16,17,19,20). The van der Waals surface area contributed by atoms with E-state index in [-0.39, 0.29) is 0 Å². The lowest BCUT2D eigenvalue weighted by molar-refractivity contribution is 0.903. The zero-order valence-corrected chi connectivity index (χ0v) is 13.3. The predicted molar refractivity (Wildman–Crippen MR) is 87.0 cm³/mol. The van der Waals surface area contributed by atoms with Crippen molar-refractivity contribution in [3.05, 3.63) is 28.0 Å². The lowest BCUT2D eigenvalue weighted by Crippen LogP contribution is -2.08. The van der Waals surface area contributed by atoms with Gasteiger partial charge in [-0.2, -0.15) is 0 Å². The first-order valence-electron chi connectivity index (χ1n) is 7.52. The van der Waals surface area contributed by atoms with Gasteiger partial charge in [0.05, 0.1) is 6.54 Å². The Kier molecular flexibility index (Phi) is 4.34. The Morgan fingerprint density at radius 3 is 2.57 bits per heavy atom. The van der Waals surface area contributed by atoms with E-state index in [1.54, 1.807) is 11.3 Å². The molecule has 2 aromatic rings. The molecule has 1 fully saturated rings. The van der Waals surface area contributed by atoms with Gasteiger partial charge in [-0.05, 0) is 26.2 Å². The molecule has 0 spiro atoms. The van der Waals surface area contributed by atoms with Gasteiger partial charge in [0.15, 0.2) is 0 Å². The molecule has 5 nitrogen and oxygen atoms in total. The highest BCUT2D eigenvalue weighted by molar-refractivity contribution is 7.09. The van der Waals surface area contributed by atoms with E-state index in [1.807, 2.05) is 13.0 Å². The van der Waals surface area contributed by atoms with Crippen LogP contribution in [0.1, 0.15) is 48.6 Å². The van der Waals surface area contributed by atoms with Gasteiger partial charge >= 0.3 is 0 Å². The second kappa shape index (κ2) is 6.39. The molecule has 0 amide bonds. The molecule has 1 aliphatic rings. The Bertz CT molecular complexity index is 606. The summed E-state index contributed by atoms with van der Waals surface area (Å²) in [4.78, 5) is 13.7. The minimum atomic E-state index is 0.552. The van der Waals surface area contributed by atoms with E-state index in [4.69, 9.17) is 0 Å². The number of nitrogens with one attached hydrogen (secondary N) is 2. The van der Waals surface area contributed by atoms with Crippen molar-refractivity contribution in [2.45, 2.75) is 45.6 Å². The Labute approximate surface area is 129 Å². The maximum Gasteiger partial charge on any atom is 0.136 e. The van der Waals surface area contributed by atoms with E-state index >= 15 is 0 Å². The van der Waals surface area contributed by atoms with Crippen LogP contribution in [0.3, 0.4) is 0 Å². The maximum absolute atomic E-state index is 4.64. The monoisotopic (exact) mass is 303 g/mol. The summed E-state index contributed by atoms with van der Waals surface area (Å²) in [5, 5.41) is 9.88. The van der Waals surface area contributed by atoms with Gasteiger partial charge in [-0.3, -0.25) is 0 Å². The normalized spacial score (nSPS) is 14.2. The van der Waals surface area contributed by atoms with Crippen LogP contribution in [-0.2, 0) is 6.54 Å². The largest absolute Gasteiger partial charge is 0.370 e. The van der Waals surface area contributed by atoms with Crippen molar-refractivity contribution >= 4 is 23.0 Å². The smallest absolute Gasteiger partial charge is 0.136 e. The molecule has 0 unspecified atom stereocenters. The average molecular weight is 303 g/mol. The molecule has 0 atom stereocenters. The van der Waals surface area contributed by atoms with Crippen molar-refractivity contribution < 1.29 is 0 Å². The molecule has 0 radical (unpaired) electrons. The summed E-state index contributed by atoms with van der Waals surface area (Å²) in [6, 6.07) is 1.99. The summed E-state index contributed by atoms with van der Waals surface area (Å²) in [5.74, 6) is 3.33. The third-order valence-corrected chi connectivity index (χ3v) is 4.30. The minimum Gasteiger partial charge on any atom is -0.370 e. The van der Waals surface area contributed by atoms with Crippen LogP contribution in [0.2, 0.25) is 0 Å². The first kappa shape index (κ1) is 14.3. The Morgan fingerprint density at radius 2 is 1.95 bits per heavy atom. The average Bonchev–Trinajstić information content (AvgIpc) is 3.26. The molecule has 21 heavy (non-hydrogen) atoms. The molecule has 2 aromatic heterocycles. The topological polar surface area (TPSA) is 62.7 Å². The number of aryl methyl sites for hydroxylation is 1. The van der Waals surface area contributed by atoms with Gasteiger partial charge < -0.3 is 10.6 Å². The minimum absolute atomic E-state index is 0.552. The second-order valence-corrected chi connectivity index (χ2v) is 6.38. The SMILES string of the molecule is CCCNc1cc(NCc2nc(C)cs2)nc(C2CC2)n1. The fourth-order valence-corrected chi connectivity index (χ4v) is 2.79. The lowest BCUT2D eigenvalue weighted by atomic mass is 10.3. The van der Waals surface area contributed by atoms with Gasteiger partial charge in [0.2, 0.25) is 0 Å². The summed E-state index contributed by atoms with van der Waals surface area (Å²) >= 11 is 1.68. The van der Waals surface area contributed by atoms with Crippen molar-refractivity contribution in [3.8, 4) is 0 Å². The molecule has 0 aromatic carbocycles. The first-order valence-corrected chi connectivity index (χ1v) is 8.40. The van der Waals surface area contributed by atoms with Crippen molar-refractivity contribution in [3.63, 3.8) is 0 Å². The Hall–Kier alpha value is -1.69. The number of hydrogen-bond donors (Lipinski definition) is 2. The molecule has 1 aliphatic carbocycles. The summed E-state index contributed by atoms with van der Waals surface area (Å²) in [6.07, 6.45) is 3.51. The summed E-state index contributed by atoms with van der Waals surface area (Å²) in [7, 11) is 0. The van der Waals surface area contributed by atoms with Crippen LogP contribution in [0.5, 0.6) is 0 Å². The molecule has 2 heterocycles. The maximum atomic E-state index is 4.64. The Balaban J connectivity index is 1.71. The van der Waals surface area contributed by atoms with Gasteiger partial charge in [0.25, 0.3) is 0 Å². The van der Waals surface area contributed by atoms with E-state index < -0.39 is 0 Å². The van der Waals surface area contributed by atoms with E-state index in [9.17, 15) is 0 Å². The fraction of sp³-hybridized carbons (Fsp3) is 0.533. The highest BCUT2D eigenvalue weighted by atomic mass is 32.1. The zero-order valence-electron chi connectivity index (χ0n) is 12.5. The van der Waals surface area contributed by atoms with E-state index in [1.165, 1.54) is 12.8 Å². The highest BCUT2D eigenvalue weighted by Gasteiger charge is 2.27. The predicted octanol–water partition coefficient (Wildman–Crippen LogP) is 3.55. The van der Waals surface area contributed by atoms with Crippen molar-refractivity contribution in [1.82, 2.24) is 15.0 Å². The molecule has 1 saturated carbocycles. The van der Waals surface area contributed by atoms with Crippen molar-refractivity contribution in [2.24, 2.45) is 0 Å². The molecular weight excluding hydrogens is 282 g/mol. The number of hydrogen-bond acceptors (Lipinski definition) is 6. The van der Waals surface area contributed by atoms with Crippen molar-refractivity contribution in [2.75, 3.05) is 17.2 Å². The fourth-order valence-electron chi connectivity index (χ4n) is 2.07. The first-order chi connectivity index (χ1) is 10.2. The van der Waals surface area contributed by atoms with Crippen LogP contribution in [0.15, 0.2) is 11.4 Å². The molecule has 0 saturated heterocycles. The van der Waals surface area contributed by atoms with Gasteiger partial charge in [-0.25, -0.2) is 15.0 Å². The van der Waals surface area contributed by atoms with E-state index in [0.717, 1.165) is 41.1 Å². The summed E-state index contributed by atoms with van der Waals surface area (Å²) in [5.41, 5.74) is 1.07. The number of thiazole rings is 1. The number of nitrogens with zero attached hydrogens (tertiary/aromatic N) is 3. The van der Waals surface area contributed by atoms with Gasteiger partial charge in [0, 0.05) is 29.6 Å². The van der Waals surface area contributed by atoms with Crippen LogP contribution in [0.4, 0.5) is 11.6 Å². The third-order valence-electron chi connectivity index (χ3n) is 3.33. The molecule has 6 heteroatoms. The zero-order chi connectivity index (χ0) is 14.7. The number of rotatable bonds is 7. The number of aromatic nitrogens is 3. The molecular formula is C15H21N5S. The quantitative estimate of drug-likeness (QED) is 0.819. The van der Waals surface area contributed by atoms with Crippen LogP contribution < -0.4 is 10.6 Å². The van der Waals surface area contributed by atoms with Gasteiger partial charge in [0.1, 0.15) is 22.5 Å². The summed E-state index contributed by atoms with van der Waals surface area (Å²) in [6.45, 7) is 5.82. The highest BCUT2D eigenvalue weighted by Crippen LogP contribution is 2.38. The van der Waals surface area contributed by atoms with Crippen LogP contribution >= 0.6 is 11.3 Å². The molecule has 3 rings (SSSR count). The van der Waals surface area contributed by atoms with E-state index in [0.29, 0.717) is 12.5 Å². The lowest BCUT2D eigenvalue weighted by Gasteiger charge is -2.10. The van der Waals surface area contributed by atoms with Crippen LogP contribution in [-0.4, -0.2) is 21.5 Å². The van der Waals surface area contributed by atoms with Crippen LogP contribution in [0, 0.1) is 6.92 Å². The third kappa shape index (κ3) is 3.91. The van der Waals surface area contributed by atoms with Crippen molar-refractivity contribution in [1.29, 1.82) is 0 Å². The van der Waals surface area contributed by atoms with E-state index in [2.05, 4.69) is 37.9 Å². The summed E-state index contributed by atoms with van der Waals surface area (Å²) < 4.78 is 0. The second-order valence-electron chi connectivity index (χ2n) is 5.43.